The molecule has 2 heteroatoms. The van der Waals surface area contributed by atoms with Crippen molar-refractivity contribution >= 4 is 0 Å². The Balaban J connectivity index is -0.00000000500. The van der Waals surface area contributed by atoms with E-state index in [1.54, 1.807) is 0 Å². The third kappa shape index (κ3) is 7050. The van der Waals surface area contributed by atoms with Crippen molar-refractivity contribution in [3.05, 3.63) is 14.0 Å². The van der Waals surface area contributed by atoms with Crippen LogP contribution in [-0.4, -0.2) is 0 Å². The fourth-order valence-electron chi connectivity index (χ4n) is 0. The van der Waals surface area contributed by atoms with Crippen LogP contribution in [0.2, 0.25) is 0 Å². The Hall–Kier alpha value is -0.0165. The van der Waals surface area contributed by atoms with Gasteiger partial charge in [-0.15, -0.1) is 0 Å². The summed E-state index contributed by atoms with van der Waals surface area (Å²) < 4.78 is 0. The second kappa shape index (κ2) is 43100. The summed E-state index contributed by atoms with van der Waals surface area (Å²) in [6.45, 7) is 4.75. The molecule has 0 aromatic rings. The SMILES string of the molecule is [C-]#N.[CH3-].[NiH]. The molecule has 0 fully saturated rings. The van der Waals surface area contributed by atoms with Crippen molar-refractivity contribution in [2.45, 2.75) is 0 Å². The molecule has 0 radical (unpaired) electrons. The summed E-state index contributed by atoms with van der Waals surface area (Å²) in [5.41, 5.74) is 0. The molecule has 1 nitrogen and oxygen atoms in total. The second-order valence-electron chi connectivity index (χ2n) is 0. The Bertz CT molecular complexity index is 10.8. The van der Waals surface area contributed by atoms with E-state index in [4.69, 9.17) is 11.8 Å². The van der Waals surface area contributed by atoms with E-state index in [1.165, 1.54) is 0 Å². The van der Waals surface area contributed by atoms with Gasteiger partial charge in [-0.05, 0) is 0 Å². The molecule has 0 aliphatic rings. The van der Waals surface area contributed by atoms with Crippen LogP contribution in [0.5, 0.6) is 0 Å². The van der Waals surface area contributed by atoms with Crippen LogP contribution in [0.1, 0.15) is 0 Å². The first-order chi connectivity index (χ1) is 1.00. The summed E-state index contributed by atoms with van der Waals surface area (Å²) in [7, 11) is 0. The Morgan fingerprint density at radius 3 is 1.25 bits per heavy atom. The topological polar surface area (TPSA) is 23.8 Å². The van der Waals surface area contributed by atoms with E-state index in [9.17, 15) is 0 Å². The summed E-state index contributed by atoms with van der Waals surface area (Å²) >= 11 is 0. The molecule has 0 amide bonds. The first kappa shape index (κ1) is 36.7. The summed E-state index contributed by atoms with van der Waals surface area (Å²) in [4.78, 5) is 0. The molecule has 0 heterocycles. The minimum absolute atomic E-state index is 0. The Morgan fingerprint density at radius 1 is 1.25 bits per heavy atom. The Morgan fingerprint density at radius 2 is 1.25 bits per heavy atom. The number of hydrogen-bond donors (Lipinski definition) is 0. The molecule has 0 spiro atoms. The summed E-state index contributed by atoms with van der Waals surface area (Å²) in [5.74, 6) is 0. The van der Waals surface area contributed by atoms with Gasteiger partial charge in [-0.2, -0.15) is 0 Å². The van der Waals surface area contributed by atoms with Gasteiger partial charge < -0.3 is 19.3 Å². The molecule has 0 rings (SSSR count). The third-order valence-corrected chi connectivity index (χ3v) is 0. The van der Waals surface area contributed by atoms with Crippen molar-refractivity contribution < 1.29 is 16.5 Å². The maximum absolute atomic E-state index is 6.25. The van der Waals surface area contributed by atoms with Gasteiger partial charge in [-0.25, -0.2) is 0 Å². The molecule has 0 bridgehead atoms. The average Bonchev–Trinajstić information content (AvgIpc) is 1.00. The minimum atomic E-state index is 0. The van der Waals surface area contributed by atoms with Gasteiger partial charge in [0, 0.05) is 0 Å². The van der Waals surface area contributed by atoms with Gasteiger partial charge in [0.25, 0.3) is 0 Å². The van der Waals surface area contributed by atoms with Gasteiger partial charge in [-0.3, -0.25) is 0 Å². The van der Waals surface area contributed by atoms with E-state index in [-0.39, 0.29) is 23.9 Å². The molecule has 0 aromatic carbocycles. The molecule has 0 unspecified atom stereocenters. The van der Waals surface area contributed by atoms with Crippen LogP contribution < -0.4 is 0 Å². The van der Waals surface area contributed by atoms with Crippen molar-refractivity contribution in [1.29, 1.82) is 5.26 Å². The number of hydrogen-bond acceptors (Lipinski definition) is 1. The molecule has 0 saturated carbocycles. The standard InChI is InChI=1S/CN.CH3.Ni.H/c1-2;;;/h;1H3;;/q2*-1;;. The first-order valence-corrected chi connectivity index (χ1v) is 0.224. The van der Waals surface area contributed by atoms with E-state index in [0.29, 0.717) is 0 Å². The van der Waals surface area contributed by atoms with Crippen molar-refractivity contribution in [1.82, 2.24) is 0 Å². The van der Waals surface area contributed by atoms with E-state index in [1.807, 2.05) is 0 Å². The van der Waals surface area contributed by atoms with Gasteiger partial charge in [0.15, 0.2) is 0 Å². The summed E-state index contributed by atoms with van der Waals surface area (Å²) in [6.07, 6.45) is 0. The average molecular weight is 101 g/mol. The van der Waals surface area contributed by atoms with E-state index in [0.717, 1.165) is 0 Å². The normalized spacial score (nSPS) is 0.500. The van der Waals surface area contributed by atoms with E-state index < -0.39 is 0 Å². The van der Waals surface area contributed by atoms with Crippen LogP contribution in [0.3, 0.4) is 0 Å². The van der Waals surface area contributed by atoms with Crippen molar-refractivity contribution in [2.24, 2.45) is 0 Å². The zero-order valence-corrected chi connectivity index (χ0v) is 3.32. The fraction of sp³-hybridized carbons (Fsp3) is 0. The quantitative estimate of drug-likeness (QED) is 0.317. The van der Waals surface area contributed by atoms with Crippen molar-refractivity contribution in [3.8, 4) is 0 Å². The van der Waals surface area contributed by atoms with Crippen LogP contribution in [0.15, 0.2) is 0 Å². The molecule has 0 aliphatic heterocycles. The van der Waals surface area contributed by atoms with Crippen LogP contribution in [0.4, 0.5) is 0 Å². The Labute approximate surface area is 36.5 Å². The predicted octanol–water partition coefficient (Wildman–Crippen LogP) is 0.276. The van der Waals surface area contributed by atoms with Crippen LogP contribution in [0.25, 0.3) is 0 Å². The maximum atomic E-state index is 6.25. The zero-order chi connectivity index (χ0) is 2.00. The summed E-state index contributed by atoms with van der Waals surface area (Å²) in [6, 6.07) is 0. The second-order valence-corrected chi connectivity index (χ2v) is 0. The van der Waals surface area contributed by atoms with Crippen molar-refractivity contribution in [2.75, 3.05) is 0 Å². The molecule has 0 aliphatic carbocycles. The molecule has 0 saturated heterocycles. The fourth-order valence-corrected chi connectivity index (χ4v) is 0. The van der Waals surface area contributed by atoms with Crippen LogP contribution in [0, 0.1) is 19.3 Å². The molecule has 0 aromatic heterocycles. The Kier molecular flexibility index (Phi) is 395000. The van der Waals surface area contributed by atoms with Gasteiger partial charge in [-0.1, -0.05) is 0 Å². The predicted molar refractivity (Wildman–Crippen MR) is 12.8 cm³/mol. The number of rotatable bonds is 0. The first-order valence-electron chi connectivity index (χ1n) is 0.224. The number of nitrogens with zero attached hydrogens (tertiary/aromatic N) is 1. The zero-order valence-electron chi connectivity index (χ0n) is 2.28. The van der Waals surface area contributed by atoms with Crippen LogP contribution >= 0.6 is 0 Å². The molecular weight excluding hydrogens is 96.7 g/mol. The van der Waals surface area contributed by atoms with Gasteiger partial charge >= 0.3 is 16.5 Å². The molecule has 4 heavy (non-hydrogen) atoms. The molecule has 29 valence electrons. The third-order valence-electron chi connectivity index (χ3n) is 0. The molecular formula is C2H4NNi-2. The molecule has 0 N–H and O–H groups in total. The summed E-state index contributed by atoms with van der Waals surface area (Å²) in [5, 5.41) is 6.25. The monoisotopic (exact) mass is 100.0 g/mol. The van der Waals surface area contributed by atoms with Gasteiger partial charge in [0.2, 0.25) is 0 Å². The van der Waals surface area contributed by atoms with Gasteiger partial charge in [0.05, 0.1) is 0 Å². The van der Waals surface area contributed by atoms with Gasteiger partial charge in [0.1, 0.15) is 0 Å². The van der Waals surface area contributed by atoms with E-state index in [2.05, 4.69) is 0 Å². The van der Waals surface area contributed by atoms with Crippen molar-refractivity contribution in [3.63, 3.8) is 0 Å². The van der Waals surface area contributed by atoms with Crippen LogP contribution in [-0.2, 0) is 16.5 Å². The molecule has 0 atom stereocenters. The van der Waals surface area contributed by atoms with E-state index >= 15 is 0 Å².